The van der Waals surface area contributed by atoms with E-state index in [-0.39, 0.29) is 5.91 Å². The van der Waals surface area contributed by atoms with E-state index in [4.69, 9.17) is 0 Å². The standard InChI is InChI=1S/C16H21NO3/c1-4-9-16(20)14-7-6-13(17(3)11(2)18)10-12(14)5-8-15(16)19/h4,6-7,10,15,19-20H,1,5,8-9H2,2-3H3/t15-,16+/m1/s1. The number of amides is 1. The van der Waals surface area contributed by atoms with Crippen molar-refractivity contribution in [2.75, 3.05) is 11.9 Å². The van der Waals surface area contributed by atoms with Crippen molar-refractivity contribution in [2.45, 2.75) is 37.9 Å². The average molecular weight is 275 g/mol. The highest BCUT2D eigenvalue weighted by Crippen LogP contribution is 2.39. The lowest BCUT2D eigenvalue weighted by Gasteiger charge is -2.38. The second-order valence-electron chi connectivity index (χ2n) is 5.39. The molecule has 1 aromatic rings. The van der Waals surface area contributed by atoms with Crippen LogP contribution in [0.3, 0.4) is 0 Å². The lowest BCUT2D eigenvalue weighted by atomic mass is 9.75. The second kappa shape index (κ2) is 5.38. The molecule has 4 nitrogen and oxygen atoms in total. The maximum Gasteiger partial charge on any atom is 0.223 e. The zero-order valence-electron chi connectivity index (χ0n) is 12.0. The van der Waals surface area contributed by atoms with E-state index in [1.54, 1.807) is 30.2 Å². The van der Waals surface area contributed by atoms with E-state index in [0.717, 1.165) is 16.8 Å². The van der Waals surface area contributed by atoms with Gasteiger partial charge in [0.15, 0.2) is 0 Å². The van der Waals surface area contributed by atoms with Gasteiger partial charge in [0, 0.05) is 26.1 Å². The van der Waals surface area contributed by atoms with Crippen molar-refractivity contribution in [1.29, 1.82) is 0 Å². The van der Waals surface area contributed by atoms with Crippen LogP contribution in [-0.4, -0.2) is 29.3 Å². The van der Waals surface area contributed by atoms with Gasteiger partial charge in [0.25, 0.3) is 0 Å². The third-order valence-corrected chi connectivity index (χ3v) is 4.11. The summed E-state index contributed by atoms with van der Waals surface area (Å²) in [5, 5.41) is 20.8. The zero-order chi connectivity index (χ0) is 14.9. The minimum atomic E-state index is -1.28. The summed E-state index contributed by atoms with van der Waals surface area (Å²) in [4.78, 5) is 13.0. The minimum Gasteiger partial charge on any atom is -0.390 e. The summed E-state index contributed by atoms with van der Waals surface area (Å²) in [5.41, 5.74) is 1.23. The van der Waals surface area contributed by atoms with E-state index in [1.807, 2.05) is 6.07 Å². The summed E-state index contributed by atoms with van der Waals surface area (Å²) in [6.07, 6.45) is 2.33. The lowest BCUT2D eigenvalue weighted by molar-refractivity contribution is -0.116. The first-order valence-corrected chi connectivity index (χ1v) is 6.79. The third kappa shape index (κ3) is 2.37. The summed E-state index contributed by atoms with van der Waals surface area (Å²) < 4.78 is 0. The number of aliphatic hydroxyl groups is 2. The van der Waals surface area contributed by atoms with Crippen LogP contribution in [0.15, 0.2) is 30.9 Å². The van der Waals surface area contributed by atoms with Crippen LogP contribution in [0, 0.1) is 0 Å². The molecule has 1 aromatic carbocycles. The van der Waals surface area contributed by atoms with Gasteiger partial charge in [-0.15, -0.1) is 6.58 Å². The van der Waals surface area contributed by atoms with E-state index in [0.29, 0.717) is 19.3 Å². The summed E-state index contributed by atoms with van der Waals surface area (Å²) >= 11 is 0. The predicted molar refractivity (Wildman–Crippen MR) is 78.6 cm³/mol. The smallest absolute Gasteiger partial charge is 0.223 e. The van der Waals surface area contributed by atoms with Crippen LogP contribution in [0.2, 0.25) is 0 Å². The summed E-state index contributed by atoms with van der Waals surface area (Å²) in [6, 6.07) is 5.51. The second-order valence-corrected chi connectivity index (χ2v) is 5.39. The van der Waals surface area contributed by atoms with Crippen LogP contribution < -0.4 is 4.90 Å². The van der Waals surface area contributed by atoms with Gasteiger partial charge < -0.3 is 15.1 Å². The molecule has 0 aliphatic heterocycles. The number of benzene rings is 1. The summed E-state index contributed by atoms with van der Waals surface area (Å²) in [5.74, 6) is -0.0397. The molecule has 0 aromatic heterocycles. The fraction of sp³-hybridized carbons (Fsp3) is 0.438. The molecule has 1 aliphatic carbocycles. The number of aryl methyl sites for hydroxylation is 1. The highest BCUT2D eigenvalue weighted by Gasteiger charge is 2.41. The highest BCUT2D eigenvalue weighted by molar-refractivity contribution is 5.91. The molecule has 0 saturated carbocycles. The normalized spacial score (nSPS) is 24.9. The van der Waals surface area contributed by atoms with Crippen molar-refractivity contribution in [3.63, 3.8) is 0 Å². The van der Waals surface area contributed by atoms with Gasteiger partial charge in [0.1, 0.15) is 5.60 Å². The van der Waals surface area contributed by atoms with Crippen LogP contribution in [0.4, 0.5) is 5.69 Å². The molecule has 1 aliphatic rings. The highest BCUT2D eigenvalue weighted by atomic mass is 16.3. The minimum absolute atomic E-state index is 0.0397. The van der Waals surface area contributed by atoms with Crippen LogP contribution in [0.25, 0.3) is 0 Å². The third-order valence-electron chi connectivity index (χ3n) is 4.11. The van der Waals surface area contributed by atoms with Crippen LogP contribution in [0.5, 0.6) is 0 Å². The van der Waals surface area contributed by atoms with E-state index in [1.165, 1.54) is 6.92 Å². The molecule has 1 amide bonds. The maximum atomic E-state index is 11.4. The molecule has 2 atom stereocenters. The van der Waals surface area contributed by atoms with Gasteiger partial charge in [0.2, 0.25) is 5.91 Å². The molecule has 0 heterocycles. The molecule has 20 heavy (non-hydrogen) atoms. The topological polar surface area (TPSA) is 60.8 Å². The number of nitrogens with zero attached hydrogens (tertiary/aromatic N) is 1. The number of hydrogen-bond acceptors (Lipinski definition) is 3. The molecule has 0 spiro atoms. The number of aliphatic hydroxyl groups excluding tert-OH is 1. The number of hydrogen-bond donors (Lipinski definition) is 2. The van der Waals surface area contributed by atoms with E-state index < -0.39 is 11.7 Å². The van der Waals surface area contributed by atoms with E-state index in [2.05, 4.69) is 6.58 Å². The van der Waals surface area contributed by atoms with Crippen LogP contribution in [0.1, 0.15) is 30.9 Å². The lowest BCUT2D eigenvalue weighted by Crippen LogP contribution is -2.43. The number of carbonyl (C=O) groups is 1. The molecule has 4 heteroatoms. The van der Waals surface area contributed by atoms with Gasteiger partial charge in [-0.3, -0.25) is 4.79 Å². The SMILES string of the molecule is C=CC[C@]1(O)c2ccc(N(C)C(C)=O)cc2CC[C@H]1O. The Morgan fingerprint density at radius 3 is 2.90 bits per heavy atom. The number of fused-ring (bicyclic) bond motifs is 1. The monoisotopic (exact) mass is 275 g/mol. The van der Waals surface area contributed by atoms with Crippen molar-refractivity contribution < 1.29 is 15.0 Å². The van der Waals surface area contributed by atoms with Crippen molar-refractivity contribution >= 4 is 11.6 Å². The Morgan fingerprint density at radius 1 is 1.60 bits per heavy atom. The van der Waals surface area contributed by atoms with Gasteiger partial charge in [-0.2, -0.15) is 0 Å². The Bertz CT molecular complexity index is 541. The molecule has 2 N–H and O–H groups in total. The fourth-order valence-corrected chi connectivity index (χ4v) is 2.78. The van der Waals surface area contributed by atoms with Crippen molar-refractivity contribution in [3.8, 4) is 0 Å². The molecule has 0 bridgehead atoms. The molecule has 108 valence electrons. The summed E-state index contributed by atoms with van der Waals surface area (Å²) in [7, 11) is 1.72. The number of carbonyl (C=O) groups excluding carboxylic acids is 1. The molecule has 0 unspecified atom stereocenters. The number of anilines is 1. The Hall–Kier alpha value is -1.65. The van der Waals surface area contributed by atoms with Gasteiger partial charge in [0.05, 0.1) is 6.10 Å². The maximum absolute atomic E-state index is 11.4. The van der Waals surface area contributed by atoms with Gasteiger partial charge >= 0.3 is 0 Å². The van der Waals surface area contributed by atoms with Crippen LogP contribution >= 0.6 is 0 Å². The largest absolute Gasteiger partial charge is 0.390 e. The Morgan fingerprint density at radius 2 is 2.30 bits per heavy atom. The quantitative estimate of drug-likeness (QED) is 0.826. The Labute approximate surface area is 119 Å². The van der Waals surface area contributed by atoms with E-state index >= 15 is 0 Å². The molecular formula is C16H21NO3. The molecule has 0 radical (unpaired) electrons. The molecule has 0 saturated heterocycles. The van der Waals surface area contributed by atoms with Crippen molar-refractivity contribution in [2.24, 2.45) is 0 Å². The predicted octanol–water partition coefficient (Wildman–Crippen LogP) is 1.74. The first-order valence-electron chi connectivity index (χ1n) is 6.79. The van der Waals surface area contributed by atoms with E-state index in [9.17, 15) is 15.0 Å². The molecule has 0 fully saturated rings. The van der Waals surface area contributed by atoms with Crippen LogP contribution in [-0.2, 0) is 16.8 Å². The fourth-order valence-electron chi connectivity index (χ4n) is 2.78. The average Bonchev–Trinajstić information content (AvgIpc) is 2.42. The zero-order valence-corrected chi connectivity index (χ0v) is 12.0. The first kappa shape index (κ1) is 14.8. The first-order chi connectivity index (χ1) is 9.40. The Kier molecular flexibility index (Phi) is 3.97. The summed E-state index contributed by atoms with van der Waals surface area (Å²) in [6.45, 7) is 5.16. The molecule has 2 rings (SSSR count). The number of rotatable bonds is 3. The van der Waals surface area contributed by atoms with Crippen molar-refractivity contribution in [3.05, 3.63) is 42.0 Å². The van der Waals surface area contributed by atoms with Gasteiger partial charge in [-0.25, -0.2) is 0 Å². The Balaban J connectivity index is 2.46. The molecular weight excluding hydrogens is 254 g/mol. The van der Waals surface area contributed by atoms with Gasteiger partial charge in [-0.05, 0) is 36.1 Å². The van der Waals surface area contributed by atoms with Crippen molar-refractivity contribution in [1.82, 2.24) is 0 Å². The van der Waals surface area contributed by atoms with Gasteiger partial charge in [-0.1, -0.05) is 12.1 Å².